The summed E-state index contributed by atoms with van der Waals surface area (Å²) >= 11 is 0. The van der Waals surface area contributed by atoms with Gasteiger partial charge < -0.3 is 9.88 Å². The minimum Gasteiger partial charge on any atom is -0.341 e. The van der Waals surface area contributed by atoms with Gasteiger partial charge in [-0.1, -0.05) is 24.3 Å². The highest BCUT2D eigenvalue weighted by Gasteiger charge is 2.12. The number of hydrogen-bond acceptors (Lipinski definition) is 3. The SMILES string of the molecule is N#CCNC(=O)Cn1c2ccccc2c(=O)c2ccccc21. The lowest BCUT2D eigenvalue weighted by Gasteiger charge is -2.14. The molecule has 0 fully saturated rings. The van der Waals surface area contributed by atoms with Gasteiger partial charge in [-0.3, -0.25) is 9.59 Å². The number of benzene rings is 2. The first kappa shape index (κ1) is 13.8. The quantitative estimate of drug-likeness (QED) is 0.590. The molecule has 0 spiro atoms. The van der Waals surface area contributed by atoms with Gasteiger partial charge in [0.15, 0.2) is 5.43 Å². The van der Waals surface area contributed by atoms with Gasteiger partial charge in [0.05, 0.1) is 17.1 Å². The second-order valence-corrected chi connectivity index (χ2v) is 4.88. The molecule has 1 amide bonds. The molecule has 0 aliphatic heterocycles. The molecule has 5 heteroatoms. The van der Waals surface area contributed by atoms with Crippen molar-refractivity contribution in [2.24, 2.45) is 0 Å². The topological polar surface area (TPSA) is 74.9 Å². The lowest BCUT2D eigenvalue weighted by Crippen LogP contribution is -2.28. The zero-order valence-corrected chi connectivity index (χ0v) is 11.7. The molecule has 1 N–H and O–H groups in total. The summed E-state index contributed by atoms with van der Waals surface area (Å²) in [5.74, 6) is -0.263. The highest BCUT2D eigenvalue weighted by atomic mass is 16.2. The largest absolute Gasteiger partial charge is 0.341 e. The van der Waals surface area contributed by atoms with Crippen LogP contribution in [-0.4, -0.2) is 17.0 Å². The number of rotatable bonds is 3. The summed E-state index contributed by atoms with van der Waals surface area (Å²) in [6.07, 6.45) is 0. The number of nitrogens with one attached hydrogen (secondary N) is 1. The summed E-state index contributed by atoms with van der Waals surface area (Å²) in [4.78, 5) is 24.5. The summed E-state index contributed by atoms with van der Waals surface area (Å²) in [6, 6.07) is 16.3. The molecule has 0 bridgehead atoms. The Balaban J connectivity index is 2.26. The Morgan fingerprint density at radius 1 is 1.05 bits per heavy atom. The number of para-hydroxylation sites is 2. The standard InChI is InChI=1S/C17H13N3O2/c18-9-10-19-16(21)11-20-14-7-3-1-5-12(14)17(22)13-6-2-4-8-15(13)20/h1-8H,10-11H2,(H,19,21). The van der Waals surface area contributed by atoms with E-state index >= 15 is 0 Å². The number of nitrogens with zero attached hydrogens (tertiary/aromatic N) is 2. The van der Waals surface area contributed by atoms with Gasteiger partial charge in [0.25, 0.3) is 0 Å². The normalized spacial score (nSPS) is 10.5. The van der Waals surface area contributed by atoms with Gasteiger partial charge in [0.2, 0.25) is 5.91 Å². The molecule has 3 aromatic rings. The number of carbonyl (C=O) groups is 1. The number of pyridine rings is 1. The molecule has 0 radical (unpaired) electrons. The third-order valence-corrected chi connectivity index (χ3v) is 3.55. The van der Waals surface area contributed by atoms with Crippen LogP contribution in [0.1, 0.15) is 0 Å². The summed E-state index contributed by atoms with van der Waals surface area (Å²) in [5.41, 5.74) is 1.37. The van der Waals surface area contributed by atoms with Crippen LogP contribution < -0.4 is 10.7 Å². The summed E-state index contributed by atoms with van der Waals surface area (Å²) < 4.78 is 1.80. The first-order valence-electron chi connectivity index (χ1n) is 6.86. The van der Waals surface area contributed by atoms with E-state index in [2.05, 4.69) is 5.32 Å². The maximum Gasteiger partial charge on any atom is 0.240 e. The van der Waals surface area contributed by atoms with E-state index in [1.807, 2.05) is 30.3 Å². The zero-order valence-electron chi connectivity index (χ0n) is 11.7. The maximum absolute atomic E-state index is 12.5. The molecule has 108 valence electrons. The lowest BCUT2D eigenvalue weighted by molar-refractivity contribution is -0.121. The zero-order chi connectivity index (χ0) is 15.5. The maximum atomic E-state index is 12.5. The van der Waals surface area contributed by atoms with Gasteiger partial charge in [-0.05, 0) is 24.3 Å². The predicted octanol–water partition coefficient (Wildman–Crippen LogP) is 1.79. The van der Waals surface area contributed by atoms with Crippen molar-refractivity contribution in [1.82, 2.24) is 9.88 Å². The van der Waals surface area contributed by atoms with Gasteiger partial charge >= 0.3 is 0 Å². The molecular formula is C17H13N3O2. The molecule has 0 atom stereocenters. The molecule has 1 heterocycles. The number of hydrogen-bond donors (Lipinski definition) is 1. The Morgan fingerprint density at radius 3 is 2.14 bits per heavy atom. The van der Waals surface area contributed by atoms with Crippen molar-refractivity contribution >= 4 is 27.7 Å². The monoisotopic (exact) mass is 291 g/mol. The van der Waals surface area contributed by atoms with Crippen LogP contribution in [0.15, 0.2) is 53.3 Å². The van der Waals surface area contributed by atoms with Crippen molar-refractivity contribution in [3.8, 4) is 6.07 Å². The van der Waals surface area contributed by atoms with Gasteiger partial charge in [-0.2, -0.15) is 5.26 Å². The molecule has 0 unspecified atom stereocenters. The van der Waals surface area contributed by atoms with Crippen molar-refractivity contribution < 1.29 is 4.79 Å². The van der Waals surface area contributed by atoms with E-state index in [1.165, 1.54) is 0 Å². The number of nitriles is 1. The van der Waals surface area contributed by atoms with Crippen LogP contribution in [0.4, 0.5) is 0 Å². The molecule has 1 aromatic heterocycles. The Hall–Kier alpha value is -3.13. The fourth-order valence-corrected chi connectivity index (χ4v) is 2.58. The average Bonchev–Trinajstić information content (AvgIpc) is 2.57. The summed E-state index contributed by atoms with van der Waals surface area (Å²) in [7, 11) is 0. The van der Waals surface area contributed by atoms with E-state index in [4.69, 9.17) is 5.26 Å². The van der Waals surface area contributed by atoms with Crippen LogP contribution in [0.3, 0.4) is 0 Å². The van der Waals surface area contributed by atoms with E-state index in [9.17, 15) is 9.59 Å². The fraction of sp³-hybridized carbons (Fsp3) is 0.118. The van der Waals surface area contributed by atoms with Gasteiger partial charge in [0.1, 0.15) is 13.1 Å². The van der Waals surface area contributed by atoms with Crippen molar-refractivity contribution in [2.45, 2.75) is 6.54 Å². The average molecular weight is 291 g/mol. The van der Waals surface area contributed by atoms with Gasteiger partial charge in [0, 0.05) is 10.8 Å². The highest BCUT2D eigenvalue weighted by molar-refractivity contribution is 5.94. The second kappa shape index (κ2) is 5.70. The van der Waals surface area contributed by atoms with Crippen molar-refractivity contribution in [3.05, 3.63) is 58.8 Å². The number of amides is 1. The molecule has 22 heavy (non-hydrogen) atoms. The Morgan fingerprint density at radius 2 is 1.59 bits per heavy atom. The molecule has 0 aliphatic rings. The first-order chi connectivity index (χ1) is 10.7. The summed E-state index contributed by atoms with van der Waals surface area (Å²) in [6.45, 7) is 0.0257. The first-order valence-corrected chi connectivity index (χ1v) is 6.86. The van der Waals surface area contributed by atoms with E-state index < -0.39 is 0 Å². The molecule has 5 nitrogen and oxygen atoms in total. The van der Waals surface area contributed by atoms with Crippen molar-refractivity contribution in [3.63, 3.8) is 0 Å². The minimum absolute atomic E-state index is 0.0328. The van der Waals surface area contributed by atoms with E-state index in [1.54, 1.807) is 28.8 Å². The Labute approximate surface area is 126 Å². The lowest BCUT2D eigenvalue weighted by atomic mass is 10.1. The van der Waals surface area contributed by atoms with Gasteiger partial charge in [-0.15, -0.1) is 0 Å². The minimum atomic E-state index is -0.263. The van der Waals surface area contributed by atoms with Crippen molar-refractivity contribution in [2.75, 3.05) is 6.54 Å². The smallest absolute Gasteiger partial charge is 0.240 e. The third kappa shape index (κ3) is 2.31. The van der Waals surface area contributed by atoms with E-state index in [0.29, 0.717) is 21.8 Å². The molecule has 0 aliphatic carbocycles. The van der Waals surface area contributed by atoms with Gasteiger partial charge in [-0.25, -0.2) is 0 Å². The predicted molar refractivity (Wildman–Crippen MR) is 84.3 cm³/mol. The fourth-order valence-electron chi connectivity index (χ4n) is 2.58. The molecule has 2 aromatic carbocycles. The number of fused-ring (bicyclic) bond motifs is 2. The third-order valence-electron chi connectivity index (χ3n) is 3.55. The van der Waals surface area contributed by atoms with Crippen LogP contribution in [0.5, 0.6) is 0 Å². The number of aromatic nitrogens is 1. The Kier molecular flexibility index (Phi) is 3.58. The van der Waals surface area contributed by atoms with Crippen molar-refractivity contribution in [1.29, 1.82) is 5.26 Å². The van der Waals surface area contributed by atoms with E-state index in [-0.39, 0.29) is 24.4 Å². The van der Waals surface area contributed by atoms with Crippen LogP contribution >= 0.6 is 0 Å². The molecular weight excluding hydrogens is 278 g/mol. The summed E-state index contributed by atoms with van der Waals surface area (Å²) in [5, 5.41) is 12.2. The second-order valence-electron chi connectivity index (χ2n) is 4.88. The van der Waals surface area contributed by atoms with Crippen LogP contribution in [0.2, 0.25) is 0 Å². The van der Waals surface area contributed by atoms with Crippen LogP contribution in [-0.2, 0) is 11.3 Å². The van der Waals surface area contributed by atoms with Crippen LogP contribution in [0.25, 0.3) is 21.8 Å². The highest BCUT2D eigenvalue weighted by Crippen LogP contribution is 2.18. The molecule has 0 saturated carbocycles. The van der Waals surface area contributed by atoms with E-state index in [0.717, 1.165) is 0 Å². The van der Waals surface area contributed by atoms with Crippen LogP contribution in [0, 0.1) is 11.3 Å². The molecule has 0 saturated heterocycles. The Bertz CT molecular complexity index is 907. The number of carbonyl (C=O) groups excluding carboxylic acids is 1. The molecule has 3 rings (SSSR count).